The van der Waals surface area contributed by atoms with Crippen molar-refractivity contribution in [1.82, 2.24) is 0 Å². The fourth-order valence-electron chi connectivity index (χ4n) is 4.03. The first-order valence-corrected chi connectivity index (χ1v) is 11.1. The molecule has 4 aromatic rings. The molecule has 166 valence electrons. The summed E-state index contributed by atoms with van der Waals surface area (Å²) in [6.45, 7) is 1.42. The van der Waals surface area contributed by atoms with Crippen LogP contribution in [0.25, 0.3) is 0 Å². The Balaban J connectivity index is 1.22. The molecular formula is C29H26O4. The van der Waals surface area contributed by atoms with Gasteiger partial charge in [-0.15, -0.1) is 0 Å². The molecule has 33 heavy (non-hydrogen) atoms. The minimum absolute atomic E-state index is 0.142. The molecule has 5 rings (SSSR count). The van der Waals surface area contributed by atoms with E-state index in [9.17, 15) is 5.11 Å². The van der Waals surface area contributed by atoms with Crippen molar-refractivity contribution in [3.8, 4) is 17.2 Å². The molecule has 1 aliphatic rings. The summed E-state index contributed by atoms with van der Waals surface area (Å²) < 4.78 is 17.8. The first-order valence-electron chi connectivity index (χ1n) is 11.1. The van der Waals surface area contributed by atoms with Crippen LogP contribution >= 0.6 is 0 Å². The van der Waals surface area contributed by atoms with E-state index in [-0.39, 0.29) is 5.92 Å². The minimum atomic E-state index is -0.645. The number of hydrogen-bond donors (Lipinski definition) is 1. The van der Waals surface area contributed by atoms with Gasteiger partial charge in [0.15, 0.2) is 0 Å². The van der Waals surface area contributed by atoms with Gasteiger partial charge in [0.2, 0.25) is 0 Å². The molecule has 0 amide bonds. The van der Waals surface area contributed by atoms with Gasteiger partial charge < -0.3 is 19.3 Å². The van der Waals surface area contributed by atoms with Crippen molar-refractivity contribution < 1.29 is 19.3 Å². The smallest absolute Gasteiger partial charge is 0.128 e. The molecule has 0 aromatic heterocycles. The highest BCUT2D eigenvalue weighted by molar-refractivity contribution is 5.45. The Morgan fingerprint density at radius 2 is 1.27 bits per heavy atom. The zero-order valence-electron chi connectivity index (χ0n) is 18.3. The van der Waals surface area contributed by atoms with Crippen LogP contribution in [-0.4, -0.2) is 11.7 Å². The number of rotatable bonds is 7. The summed E-state index contributed by atoms with van der Waals surface area (Å²) in [5.41, 5.74) is 4.03. The Labute approximate surface area is 194 Å². The quantitative estimate of drug-likeness (QED) is 0.381. The van der Waals surface area contributed by atoms with E-state index in [4.69, 9.17) is 14.2 Å². The zero-order valence-corrected chi connectivity index (χ0v) is 18.3. The van der Waals surface area contributed by atoms with Crippen LogP contribution in [0.5, 0.6) is 17.2 Å². The number of benzene rings is 4. The van der Waals surface area contributed by atoms with Crippen molar-refractivity contribution in [3.63, 3.8) is 0 Å². The molecule has 1 aliphatic heterocycles. The average molecular weight is 439 g/mol. The molecule has 0 saturated carbocycles. The fourth-order valence-corrected chi connectivity index (χ4v) is 4.03. The van der Waals surface area contributed by atoms with E-state index in [2.05, 4.69) is 0 Å². The fraction of sp³-hybridized carbons (Fsp3) is 0.172. The lowest BCUT2D eigenvalue weighted by atomic mass is 9.87. The highest BCUT2D eigenvalue weighted by Gasteiger charge is 2.31. The van der Waals surface area contributed by atoms with E-state index in [0.29, 0.717) is 25.6 Å². The van der Waals surface area contributed by atoms with Gasteiger partial charge >= 0.3 is 0 Å². The van der Waals surface area contributed by atoms with Crippen LogP contribution in [0.2, 0.25) is 0 Å². The van der Waals surface area contributed by atoms with Gasteiger partial charge in [0.1, 0.15) is 30.5 Å². The summed E-state index contributed by atoms with van der Waals surface area (Å²) in [7, 11) is 0. The maximum absolute atomic E-state index is 11.0. The van der Waals surface area contributed by atoms with Crippen molar-refractivity contribution in [2.75, 3.05) is 6.61 Å². The summed E-state index contributed by atoms with van der Waals surface area (Å²) in [6, 6.07) is 33.6. The Hall–Kier alpha value is -3.76. The van der Waals surface area contributed by atoms with Gasteiger partial charge in [0.25, 0.3) is 0 Å². The number of hydrogen-bond acceptors (Lipinski definition) is 4. The number of aliphatic hydroxyl groups is 1. The minimum Gasteiger partial charge on any atom is -0.492 e. The van der Waals surface area contributed by atoms with Crippen LogP contribution in [-0.2, 0) is 13.2 Å². The van der Waals surface area contributed by atoms with Gasteiger partial charge in [-0.3, -0.25) is 0 Å². The summed E-state index contributed by atoms with van der Waals surface area (Å²) >= 11 is 0. The van der Waals surface area contributed by atoms with Gasteiger partial charge in [0.05, 0.1) is 12.7 Å². The van der Waals surface area contributed by atoms with E-state index < -0.39 is 6.10 Å². The third-order valence-corrected chi connectivity index (χ3v) is 5.91. The number of fused-ring (bicyclic) bond motifs is 1. The molecule has 2 unspecified atom stereocenters. The van der Waals surface area contributed by atoms with Crippen molar-refractivity contribution in [2.24, 2.45) is 0 Å². The third kappa shape index (κ3) is 5.02. The molecule has 1 heterocycles. The standard InChI is InChI=1S/C29H26O4/c30-29-26-16-15-25(32-19-22-9-5-2-6-10-22)17-28(26)33-20-27(29)23-11-13-24(14-12-23)31-18-21-7-3-1-4-8-21/h1-17,27,29-30H,18-20H2. The van der Waals surface area contributed by atoms with Crippen LogP contribution in [0.3, 0.4) is 0 Å². The van der Waals surface area contributed by atoms with Gasteiger partial charge in [0, 0.05) is 17.5 Å². The average Bonchev–Trinajstić information content (AvgIpc) is 2.88. The van der Waals surface area contributed by atoms with Crippen LogP contribution in [0.15, 0.2) is 103 Å². The Morgan fingerprint density at radius 1 is 0.697 bits per heavy atom. The molecule has 1 N–H and O–H groups in total. The largest absolute Gasteiger partial charge is 0.492 e. The molecule has 0 aliphatic carbocycles. The van der Waals surface area contributed by atoms with Crippen molar-refractivity contribution >= 4 is 0 Å². The van der Waals surface area contributed by atoms with Gasteiger partial charge in [-0.1, -0.05) is 72.8 Å². The van der Waals surface area contributed by atoms with Crippen LogP contribution in [0, 0.1) is 0 Å². The highest BCUT2D eigenvalue weighted by atomic mass is 16.5. The molecular weight excluding hydrogens is 412 g/mol. The summed E-state index contributed by atoms with van der Waals surface area (Å²) in [6.07, 6.45) is -0.645. The monoisotopic (exact) mass is 438 g/mol. The summed E-state index contributed by atoms with van der Waals surface area (Å²) in [5, 5.41) is 11.0. The second-order valence-corrected chi connectivity index (χ2v) is 8.18. The predicted octanol–water partition coefficient (Wildman–Crippen LogP) is 6.05. The topological polar surface area (TPSA) is 47.9 Å². The van der Waals surface area contributed by atoms with Crippen molar-refractivity contribution in [1.29, 1.82) is 0 Å². The van der Waals surface area contributed by atoms with Gasteiger partial charge in [-0.25, -0.2) is 0 Å². The molecule has 0 fully saturated rings. The molecule has 2 atom stereocenters. The highest BCUT2D eigenvalue weighted by Crippen LogP contribution is 2.42. The maximum Gasteiger partial charge on any atom is 0.128 e. The first kappa shape index (κ1) is 21.1. The molecule has 0 saturated heterocycles. The second-order valence-electron chi connectivity index (χ2n) is 8.18. The van der Waals surface area contributed by atoms with E-state index in [0.717, 1.165) is 33.8 Å². The number of ether oxygens (including phenoxy) is 3. The van der Waals surface area contributed by atoms with Crippen molar-refractivity contribution in [3.05, 3.63) is 125 Å². The number of aliphatic hydroxyl groups excluding tert-OH is 1. The van der Waals surface area contributed by atoms with Gasteiger partial charge in [-0.2, -0.15) is 0 Å². The van der Waals surface area contributed by atoms with E-state index >= 15 is 0 Å². The normalized spacial score (nSPS) is 17.0. The maximum atomic E-state index is 11.0. The predicted molar refractivity (Wildman–Crippen MR) is 128 cm³/mol. The Kier molecular flexibility index (Phi) is 6.27. The van der Waals surface area contributed by atoms with Crippen molar-refractivity contribution in [2.45, 2.75) is 25.2 Å². The lowest BCUT2D eigenvalue weighted by Crippen LogP contribution is -2.24. The van der Waals surface area contributed by atoms with Crippen LogP contribution in [0.4, 0.5) is 0 Å². The third-order valence-electron chi connectivity index (χ3n) is 5.91. The molecule has 0 spiro atoms. The molecule has 4 heteroatoms. The zero-order chi connectivity index (χ0) is 22.5. The first-order chi connectivity index (χ1) is 16.3. The molecule has 0 radical (unpaired) electrons. The van der Waals surface area contributed by atoms with E-state index in [1.54, 1.807) is 0 Å². The van der Waals surface area contributed by atoms with E-state index in [1.165, 1.54) is 0 Å². The second kappa shape index (κ2) is 9.80. The van der Waals surface area contributed by atoms with Gasteiger partial charge in [-0.05, 0) is 41.0 Å². The Morgan fingerprint density at radius 3 is 1.91 bits per heavy atom. The summed E-state index contributed by atoms with van der Waals surface area (Å²) in [5.74, 6) is 2.06. The van der Waals surface area contributed by atoms with Crippen LogP contribution in [0.1, 0.15) is 34.3 Å². The summed E-state index contributed by atoms with van der Waals surface area (Å²) in [4.78, 5) is 0. The SMILES string of the molecule is OC1c2ccc(OCc3ccccc3)cc2OCC1c1ccc(OCc2ccccc2)cc1. The molecule has 4 aromatic carbocycles. The molecule has 0 bridgehead atoms. The lowest BCUT2D eigenvalue weighted by molar-refractivity contribution is 0.0885. The van der Waals surface area contributed by atoms with E-state index in [1.807, 2.05) is 103 Å². The van der Waals surface area contributed by atoms with Crippen LogP contribution < -0.4 is 14.2 Å². The molecule has 4 nitrogen and oxygen atoms in total. The lowest BCUT2D eigenvalue weighted by Gasteiger charge is -2.31. The Bertz CT molecular complexity index is 1170.